The maximum Gasteiger partial charge on any atom is 0.266 e. The molecule has 2 atom stereocenters. The van der Waals surface area contributed by atoms with Gasteiger partial charge in [0.1, 0.15) is 11.6 Å². The number of fused-ring (bicyclic) bond motifs is 1. The van der Waals surface area contributed by atoms with E-state index in [0.717, 1.165) is 36.3 Å². The Balaban J connectivity index is 1.37. The number of benzene rings is 3. The molecule has 1 fully saturated rings. The number of nitrogens with one attached hydrogen (secondary N) is 1. The van der Waals surface area contributed by atoms with Crippen molar-refractivity contribution in [3.8, 4) is 17.2 Å². The summed E-state index contributed by atoms with van der Waals surface area (Å²) in [5, 5.41) is 2.95. The van der Waals surface area contributed by atoms with Crippen LogP contribution in [0.15, 0.2) is 66.7 Å². The molecule has 2 heterocycles. The molecule has 0 bridgehead atoms. The van der Waals surface area contributed by atoms with Gasteiger partial charge < -0.3 is 24.3 Å². The van der Waals surface area contributed by atoms with Gasteiger partial charge in [-0.15, -0.1) is 0 Å². The molecular formula is C29H31FN2O5. The Kier molecular flexibility index (Phi) is 7.87. The SMILES string of the molecule is Cc1ccc(NC(=O)C(CN(Cc2ccc3c(c2)OCO3)CC2CCCO2)Oc2cccc(F)c2)cc1. The third-order valence-electron chi connectivity index (χ3n) is 6.44. The van der Waals surface area contributed by atoms with Gasteiger partial charge in [-0.25, -0.2) is 4.39 Å². The zero-order valence-electron chi connectivity index (χ0n) is 20.8. The summed E-state index contributed by atoms with van der Waals surface area (Å²) >= 11 is 0. The highest BCUT2D eigenvalue weighted by molar-refractivity contribution is 5.94. The topological polar surface area (TPSA) is 69.3 Å². The molecule has 1 amide bonds. The van der Waals surface area contributed by atoms with Gasteiger partial charge >= 0.3 is 0 Å². The Hall–Kier alpha value is -3.62. The maximum atomic E-state index is 13.9. The van der Waals surface area contributed by atoms with E-state index in [1.165, 1.54) is 12.1 Å². The quantitative estimate of drug-likeness (QED) is 0.421. The van der Waals surface area contributed by atoms with E-state index in [1.807, 2.05) is 49.4 Å². The molecule has 0 aliphatic carbocycles. The standard InChI is InChI=1S/C29H31FN2O5/c1-20-7-10-23(11-8-20)31-29(33)28(37-24-5-2-4-22(30)15-24)18-32(17-25-6-3-13-34-25)16-21-9-12-26-27(14-21)36-19-35-26/h2,4-5,7-12,14-15,25,28H,3,6,13,16-19H2,1H3,(H,31,33). The largest absolute Gasteiger partial charge is 0.479 e. The Bertz CT molecular complexity index is 1210. The van der Waals surface area contributed by atoms with Crippen molar-refractivity contribution in [3.05, 3.63) is 83.7 Å². The Morgan fingerprint density at radius 2 is 1.95 bits per heavy atom. The highest BCUT2D eigenvalue weighted by atomic mass is 19.1. The molecule has 0 spiro atoms. The number of anilines is 1. The van der Waals surface area contributed by atoms with Crippen LogP contribution in [0.4, 0.5) is 10.1 Å². The van der Waals surface area contributed by atoms with Gasteiger partial charge in [-0.3, -0.25) is 9.69 Å². The number of hydrogen-bond donors (Lipinski definition) is 1. The number of ether oxygens (including phenoxy) is 4. The van der Waals surface area contributed by atoms with Crippen molar-refractivity contribution in [2.45, 2.75) is 38.5 Å². The molecule has 1 saturated heterocycles. The van der Waals surface area contributed by atoms with Crippen LogP contribution in [0.5, 0.6) is 17.2 Å². The minimum atomic E-state index is -0.890. The molecule has 5 rings (SSSR count). The third-order valence-corrected chi connectivity index (χ3v) is 6.44. The number of hydrogen-bond acceptors (Lipinski definition) is 6. The third kappa shape index (κ3) is 6.78. The number of aryl methyl sites for hydroxylation is 1. The Morgan fingerprint density at radius 3 is 2.73 bits per heavy atom. The van der Waals surface area contributed by atoms with Crippen LogP contribution < -0.4 is 19.5 Å². The van der Waals surface area contributed by atoms with Crippen molar-refractivity contribution in [2.75, 3.05) is 31.8 Å². The van der Waals surface area contributed by atoms with Gasteiger partial charge in [0.2, 0.25) is 6.79 Å². The summed E-state index contributed by atoms with van der Waals surface area (Å²) in [6.45, 7) is 4.40. The average Bonchev–Trinajstić information content (AvgIpc) is 3.57. The number of halogens is 1. The number of rotatable bonds is 10. The van der Waals surface area contributed by atoms with Gasteiger partial charge in [0.15, 0.2) is 17.6 Å². The minimum absolute atomic E-state index is 0.0731. The molecule has 3 aromatic rings. The van der Waals surface area contributed by atoms with Crippen LogP contribution >= 0.6 is 0 Å². The first kappa shape index (κ1) is 25.0. The highest BCUT2D eigenvalue weighted by Gasteiger charge is 2.28. The van der Waals surface area contributed by atoms with Crippen LogP contribution in [0.3, 0.4) is 0 Å². The smallest absolute Gasteiger partial charge is 0.266 e. The fourth-order valence-corrected chi connectivity index (χ4v) is 4.55. The van der Waals surface area contributed by atoms with Crippen molar-refractivity contribution in [2.24, 2.45) is 0 Å². The number of nitrogens with zero attached hydrogens (tertiary/aromatic N) is 1. The molecule has 3 aromatic carbocycles. The molecule has 194 valence electrons. The van der Waals surface area contributed by atoms with Crippen LogP contribution in [0.1, 0.15) is 24.0 Å². The summed E-state index contributed by atoms with van der Waals surface area (Å²) in [6.07, 6.45) is 1.16. The highest BCUT2D eigenvalue weighted by Crippen LogP contribution is 2.33. The number of carbonyl (C=O) groups is 1. The average molecular weight is 507 g/mol. The van der Waals surface area contributed by atoms with Crippen molar-refractivity contribution >= 4 is 11.6 Å². The molecule has 2 aliphatic heterocycles. The van der Waals surface area contributed by atoms with E-state index in [2.05, 4.69) is 10.2 Å². The number of amides is 1. The predicted octanol–water partition coefficient (Wildman–Crippen LogP) is 4.93. The van der Waals surface area contributed by atoms with Gasteiger partial charge in [-0.2, -0.15) is 0 Å². The molecular weight excluding hydrogens is 475 g/mol. The zero-order valence-corrected chi connectivity index (χ0v) is 20.8. The predicted molar refractivity (Wildman–Crippen MR) is 137 cm³/mol. The fraction of sp³-hybridized carbons (Fsp3) is 0.345. The lowest BCUT2D eigenvalue weighted by atomic mass is 10.1. The van der Waals surface area contributed by atoms with Crippen molar-refractivity contribution < 1.29 is 28.1 Å². The first-order valence-electron chi connectivity index (χ1n) is 12.5. The van der Waals surface area contributed by atoms with E-state index in [9.17, 15) is 9.18 Å². The van der Waals surface area contributed by atoms with Gasteiger partial charge in [-0.1, -0.05) is 29.8 Å². The van der Waals surface area contributed by atoms with Crippen LogP contribution in [0.25, 0.3) is 0 Å². The summed E-state index contributed by atoms with van der Waals surface area (Å²) in [4.78, 5) is 15.6. The normalized spacial score (nSPS) is 17.1. The van der Waals surface area contributed by atoms with E-state index in [-0.39, 0.29) is 25.3 Å². The summed E-state index contributed by atoms with van der Waals surface area (Å²) in [6, 6.07) is 19.3. The summed E-state index contributed by atoms with van der Waals surface area (Å²) in [7, 11) is 0. The molecule has 2 unspecified atom stereocenters. The molecule has 0 radical (unpaired) electrons. The number of carbonyl (C=O) groups excluding carboxylic acids is 1. The lowest BCUT2D eigenvalue weighted by Crippen LogP contribution is -2.45. The van der Waals surface area contributed by atoms with E-state index in [1.54, 1.807) is 12.1 Å². The first-order valence-corrected chi connectivity index (χ1v) is 12.5. The van der Waals surface area contributed by atoms with E-state index < -0.39 is 11.9 Å². The fourth-order valence-electron chi connectivity index (χ4n) is 4.55. The molecule has 1 N–H and O–H groups in total. The second-order valence-corrected chi connectivity index (χ2v) is 9.44. The first-order chi connectivity index (χ1) is 18.0. The van der Waals surface area contributed by atoms with Gasteiger partial charge in [0, 0.05) is 38.0 Å². The lowest BCUT2D eigenvalue weighted by molar-refractivity contribution is -0.123. The van der Waals surface area contributed by atoms with Gasteiger partial charge in [0.05, 0.1) is 6.10 Å². The van der Waals surface area contributed by atoms with E-state index in [4.69, 9.17) is 18.9 Å². The van der Waals surface area contributed by atoms with E-state index in [0.29, 0.717) is 30.3 Å². The van der Waals surface area contributed by atoms with E-state index >= 15 is 0 Å². The summed E-state index contributed by atoms with van der Waals surface area (Å²) in [5.41, 5.74) is 2.78. The van der Waals surface area contributed by atoms with Gasteiger partial charge in [-0.05, 0) is 61.7 Å². The minimum Gasteiger partial charge on any atom is -0.479 e. The second-order valence-electron chi connectivity index (χ2n) is 9.44. The van der Waals surface area contributed by atoms with Crippen LogP contribution in [-0.2, 0) is 16.1 Å². The molecule has 37 heavy (non-hydrogen) atoms. The second kappa shape index (κ2) is 11.6. The molecule has 2 aliphatic rings. The van der Waals surface area contributed by atoms with Crippen molar-refractivity contribution in [3.63, 3.8) is 0 Å². The van der Waals surface area contributed by atoms with Crippen LogP contribution in [0, 0.1) is 12.7 Å². The summed E-state index contributed by atoms with van der Waals surface area (Å²) < 4.78 is 36.9. The van der Waals surface area contributed by atoms with Crippen molar-refractivity contribution in [1.29, 1.82) is 0 Å². The van der Waals surface area contributed by atoms with Gasteiger partial charge in [0.25, 0.3) is 5.91 Å². The van der Waals surface area contributed by atoms with Crippen molar-refractivity contribution in [1.82, 2.24) is 4.90 Å². The lowest BCUT2D eigenvalue weighted by Gasteiger charge is -2.29. The Morgan fingerprint density at radius 1 is 1.11 bits per heavy atom. The summed E-state index contributed by atoms with van der Waals surface area (Å²) in [5.74, 6) is 0.991. The maximum absolute atomic E-state index is 13.9. The zero-order chi connectivity index (χ0) is 25.6. The molecule has 0 aromatic heterocycles. The Labute approximate surface area is 216 Å². The van der Waals surface area contributed by atoms with Crippen LogP contribution in [0.2, 0.25) is 0 Å². The molecule has 8 heteroatoms. The monoisotopic (exact) mass is 506 g/mol. The molecule has 7 nitrogen and oxygen atoms in total. The van der Waals surface area contributed by atoms with Crippen LogP contribution in [-0.4, -0.2) is 49.5 Å². The molecule has 0 saturated carbocycles.